The second kappa shape index (κ2) is 35.8. The summed E-state index contributed by atoms with van der Waals surface area (Å²) in [5.41, 5.74) is 0.255. The van der Waals surface area contributed by atoms with Gasteiger partial charge in [0.25, 0.3) is 0 Å². The summed E-state index contributed by atoms with van der Waals surface area (Å²) in [6.45, 7) is 28.7. The van der Waals surface area contributed by atoms with Crippen molar-refractivity contribution in [1.29, 1.82) is 0 Å². The van der Waals surface area contributed by atoms with Crippen LogP contribution in [0.25, 0.3) is 0 Å². The van der Waals surface area contributed by atoms with Crippen molar-refractivity contribution in [3.05, 3.63) is 0 Å². The van der Waals surface area contributed by atoms with Gasteiger partial charge in [0, 0.05) is 38.9 Å². The molecule has 0 radical (unpaired) electrons. The van der Waals surface area contributed by atoms with Crippen LogP contribution in [0.2, 0.25) is 0 Å². The van der Waals surface area contributed by atoms with E-state index >= 15 is 0 Å². The highest BCUT2D eigenvalue weighted by atomic mass is 16.6. The molecule has 83 heavy (non-hydrogen) atoms. The predicted molar refractivity (Wildman–Crippen MR) is 305 cm³/mol. The van der Waals surface area contributed by atoms with E-state index in [1.807, 2.05) is 0 Å². The second-order valence-corrected chi connectivity index (χ2v) is 24.3. The van der Waals surface area contributed by atoms with Crippen LogP contribution < -0.4 is 53.6 Å². The van der Waals surface area contributed by atoms with Crippen LogP contribution in [-0.4, -0.2) is 190 Å². The predicted octanol–water partition coefficient (Wildman–Crippen LogP) is 3.47. The monoisotopic (exact) mass is 1190 g/mol. The van der Waals surface area contributed by atoms with Crippen molar-refractivity contribution in [3.8, 4) is 0 Å². The number of nitrogens with zero attached hydrogens (tertiary/aromatic N) is 3. The molecule has 0 fully saturated rings. The maximum absolute atomic E-state index is 12.8. The van der Waals surface area contributed by atoms with Crippen molar-refractivity contribution in [2.45, 2.75) is 183 Å². The van der Waals surface area contributed by atoms with E-state index < -0.39 is 93.4 Å². The Labute approximate surface area is 487 Å². The second-order valence-electron chi connectivity index (χ2n) is 24.3. The molecular weight excluding hydrogens is 1090 g/mol. The Morgan fingerprint density at radius 1 is 0.325 bits per heavy atom. The highest BCUT2D eigenvalue weighted by Gasteiger charge is 2.28. The summed E-state index contributed by atoms with van der Waals surface area (Å²) >= 11 is 0. The van der Waals surface area contributed by atoms with Crippen molar-refractivity contribution in [3.63, 3.8) is 0 Å². The molecule has 0 atom stereocenters. The summed E-state index contributed by atoms with van der Waals surface area (Å²) in [5, 5.41) is 22.1. The number of carbonyl (C=O) groups is 9. The molecule has 0 aromatic carbocycles. The van der Waals surface area contributed by atoms with Crippen LogP contribution in [0.3, 0.4) is 0 Å². The first-order valence-corrected chi connectivity index (χ1v) is 26.9. The van der Waals surface area contributed by atoms with Gasteiger partial charge in [-0.2, -0.15) is 0 Å². The first kappa shape index (κ1) is 75.9. The molecule has 0 aliphatic carbocycles. The van der Waals surface area contributed by atoms with E-state index in [0.717, 1.165) is 0 Å². The number of guanidine groups is 3. The Balaban J connectivity index is 5.77. The van der Waals surface area contributed by atoms with Crippen molar-refractivity contribution in [2.75, 3.05) is 78.9 Å². The van der Waals surface area contributed by atoms with Gasteiger partial charge in [-0.1, -0.05) is 0 Å². The molecule has 11 N–H and O–H groups in total. The third kappa shape index (κ3) is 47.1. The molecule has 0 aromatic heterocycles. The third-order valence-electron chi connectivity index (χ3n) is 8.42. The average Bonchev–Trinajstić information content (AvgIpc) is 3.30. The van der Waals surface area contributed by atoms with E-state index in [0.29, 0.717) is 0 Å². The molecule has 9 amide bonds. The molecule has 0 saturated heterocycles. The van der Waals surface area contributed by atoms with Crippen molar-refractivity contribution < 1.29 is 85.8 Å². The lowest BCUT2D eigenvalue weighted by Crippen LogP contribution is -2.53. The van der Waals surface area contributed by atoms with Gasteiger partial charge in [0.15, 0.2) is 0 Å². The Bertz CT molecular complexity index is 1880. The smallest absolute Gasteiger partial charge is 0.414 e. The molecule has 0 heterocycles. The Hall–Kier alpha value is -7.12. The summed E-state index contributed by atoms with van der Waals surface area (Å²) in [6.07, 6.45) is -5.68. The molecule has 0 unspecified atom stereocenters. The molecule has 0 aliphatic rings. The standard InChI is InChI=1S/C52H95N13O18/c1-46(2,3)78-40(69)60-37(61-41(70)79-47(4,5)6)57-25-22-54-34(66)19-28-75-31-52(53,32-76-29-20-35(67)55-23-26-58-38(62-42(71)80-48(7,8)9)63-43(72)81-49(10,11)12)33-77-30-21-36(68)56-24-27-59-39(64-44(73)82-50(13,14)15)65-45(74)83-51(16,17)18/h19-33,53H2,1-18H3,(H,54,66)(H,55,67)(H,56,68)(H2,57,60,61,69,70)(H2,58,62,63,71,72)(H2,59,64,65,73,74). The quantitative estimate of drug-likeness (QED) is 0.0286. The number of hydrogen-bond donors (Lipinski definition) is 10. The SMILES string of the molecule is CC(C)(C)OC(=O)NC(=NCCNC(=O)CCOCC(N)(COCCC(=O)NCCN=C(NC(=O)OC(C)(C)C)NC(=O)OC(C)(C)C)COCCC(=O)NCCN=C(NC(=O)OC(C)(C)C)NC(=O)OC(C)(C)C)NC(=O)OC(C)(C)C. The van der Waals surface area contributed by atoms with Crippen LogP contribution in [0.15, 0.2) is 15.0 Å². The van der Waals surface area contributed by atoms with Crippen LogP contribution in [0.4, 0.5) is 28.8 Å². The fourth-order valence-corrected chi connectivity index (χ4v) is 5.53. The number of hydrogen-bond acceptors (Lipinski definition) is 22. The maximum atomic E-state index is 12.8. The Morgan fingerprint density at radius 2 is 0.506 bits per heavy atom. The van der Waals surface area contributed by atoms with Gasteiger partial charge >= 0.3 is 36.6 Å². The number of rotatable bonds is 24. The van der Waals surface area contributed by atoms with Crippen LogP contribution >= 0.6 is 0 Å². The van der Waals surface area contributed by atoms with E-state index in [2.05, 4.69) is 62.8 Å². The molecule has 0 aliphatic heterocycles. The number of nitrogens with one attached hydrogen (secondary N) is 9. The molecule has 31 nitrogen and oxygen atoms in total. The zero-order valence-corrected chi connectivity index (χ0v) is 51.9. The van der Waals surface area contributed by atoms with E-state index in [1.54, 1.807) is 125 Å². The summed E-state index contributed by atoms with van der Waals surface area (Å²) in [7, 11) is 0. The lowest BCUT2D eigenvalue weighted by molar-refractivity contribution is -0.122. The number of carbonyl (C=O) groups excluding carboxylic acids is 9. The van der Waals surface area contributed by atoms with Gasteiger partial charge < -0.3 is 64.3 Å². The van der Waals surface area contributed by atoms with Gasteiger partial charge in [0.1, 0.15) is 33.6 Å². The van der Waals surface area contributed by atoms with Gasteiger partial charge in [-0.3, -0.25) is 61.3 Å². The summed E-state index contributed by atoms with van der Waals surface area (Å²) in [6, 6.07) is 0. The summed E-state index contributed by atoms with van der Waals surface area (Å²) in [4.78, 5) is 125. The van der Waals surface area contributed by atoms with E-state index in [-0.39, 0.29) is 116 Å². The van der Waals surface area contributed by atoms with Crippen molar-refractivity contribution in [1.82, 2.24) is 47.9 Å². The fourth-order valence-electron chi connectivity index (χ4n) is 5.53. The molecule has 476 valence electrons. The topological polar surface area (TPSA) is 408 Å². The lowest BCUT2D eigenvalue weighted by atomic mass is 10.1. The van der Waals surface area contributed by atoms with Crippen LogP contribution in [0.5, 0.6) is 0 Å². The first-order chi connectivity index (χ1) is 37.9. The van der Waals surface area contributed by atoms with Crippen LogP contribution in [0, 0.1) is 0 Å². The van der Waals surface area contributed by atoms with Gasteiger partial charge in [-0.05, 0) is 125 Å². The maximum Gasteiger partial charge on any atom is 0.414 e. The molecule has 0 spiro atoms. The number of alkyl carbamates (subject to hydrolysis) is 6. The minimum Gasteiger partial charge on any atom is -0.444 e. The van der Waals surface area contributed by atoms with Crippen LogP contribution in [0.1, 0.15) is 144 Å². The van der Waals surface area contributed by atoms with Gasteiger partial charge in [-0.25, -0.2) is 28.8 Å². The number of ether oxygens (including phenoxy) is 9. The van der Waals surface area contributed by atoms with Gasteiger partial charge in [0.05, 0.1) is 64.8 Å². The molecular formula is C52H95N13O18. The molecule has 31 heteroatoms. The molecule has 0 aromatic rings. The molecule has 0 bridgehead atoms. The van der Waals surface area contributed by atoms with E-state index in [9.17, 15) is 43.2 Å². The normalized spacial score (nSPS) is 11.9. The Kier molecular flexibility index (Phi) is 32.7. The Morgan fingerprint density at radius 3 is 0.675 bits per heavy atom. The first-order valence-electron chi connectivity index (χ1n) is 26.9. The van der Waals surface area contributed by atoms with Gasteiger partial charge in [0.2, 0.25) is 35.6 Å². The van der Waals surface area contributed by atoms with Gasteiger partial charge in [-0.15, -0.1) is 0 Å². The minimum absolute atomic E-state index is 0.00623. The van der Waals surface area contributed by atoms with E-state index in [1.165, 1.54) is 0 Å². The zero-order valence-electron chi connectivity index (χ0n) is 51.9. The minimum atomic E-state index is -1.36. The van der Waals surface area contributed by atoms with E-state index in [4.69, 9.17) is 48.4 Å². The summed E-state index contributed by atoms with van der Waals surface area (Å²) in [5.74, 6) is -2.10. The lowest BCUT2D eigenvalue weighted by Gasteiger charge is -2.29. The highest BCUT2D eigenvalue weighted by molar-refractivity contribution is 6.03. The van der Waals surface area contributed by atoms with Crippen LogP contribution in [-0.2, 0) is 57.0 Å². The van der Waals surface area contributed by atoms with Crippen molar-refractivity contribution >= 4 is 72.2 Å². The average molecular weight is 1190 g/mol. The number of aliphatic imine (C=N–C) groups is 3. The number of amides is 9. The molecule has 0 saturated carbocycles. The zero-order chi connectivity index (χ0) is 63.9. The summed E-state index contributed by atoms with van der Waals surface area (Å²) < 4.78 is 48.8. The number of nitrogens with two attached hydrogens (primary N) is 1. The third-order valence-corrected chi connectivity index (χ3v) is 8.42. The molecule has 0 rings (SSSR count). The fraction of sp³-hybridized carbons (Fsp3) is 0.769. The van der Waals surface area contributed by atoms with Crippen molar-refractivity contribution in [2.24, 2.45) is 20.7 Å². The largest absolute Gasteiger partial charge is 0.444 e. The highest BCUT2D eigenvalue weighted by Crippen LogP contribution is 2.12.